The van der Waals surface area contributed by atoms with Crippen molar-refractivity contribution in [3.05, 3.63) is 33.8 Å². The number of β-amino-alcohol motifs (C(OH)–C–C–N with tert-alkyl or cyclic N) is 1. The van der Waals surface area contributed by atoms with Crippen molar-refractivity contribution >= 4 is 29.1 Å². The monoisotopic (exact) mass is 330 g/mol. The molecule has 0 spiro atoms. The summed E-state index contributed by atoms with van der Waals surface area (Å²) in [6, 6.07) is 5.19. The second-order valence-corrected chi connectivity index (χ2v) is 6.61. The van der Waals surface area contributed by atoms with Gasteiger partial charge in [-0.25, -0.2) is 0 Å². The molecule has 0 saturated carbocycles. The van der Waals surface area contributed by atoms with Gasteiger partial charge in [-0.15, -0.1) is 0 Å². The number of likely N-dealkylation sites (N-methyl/N-ethyl adjacent to an activating group) is 1. The van der Waals surface area contributed by atoms with Gasteiger partial charge < -0.3 is 14.9 Å². The lowest BCUT2D eigenvalue weighted by atomic mass is 10.1. The van der Waals surface area contributed by atoms with Gasteiger partial charge in [-0.3, -0.25) is 4.79 Å². The topological polar surface area (TPSA) is 43.8 Å². The highest BCUT2D eigenvalue weighted by Gasteiger charge is 2.34. The Morgan fingerprint density at radius 1 is 1.43 bits per heavy atom. The van der Waals surface area contributed by atoms with Crippen LogP contribution in [0, 0.1) is 0 Å². The molecule has 116 valence electrons. The van der Waals surface area contributed by atoms with E-state index < -0.39 is 6.10 Å². The highest BCUT2D eigenvalue weighted by atomic mass is 35.5. The molecule has 0 bridgehead atoms. The van der Waals surface area contributed by atoms with Gasteiger partial charge in [0.2, 0.25) is 5.91 Å². The van der Waals surface area contributed by atoms with Crippen LogP contribution in [-0.2, 0) is 11.2 Å². The fourth-order valence-corrected chi connectivity index (χ4v) is 3.20. The van der Waals surface area contributed by atoms with Crippen LogP contribution in [0.25, 0.3) is 0 Å². The quantitative estimate of drug-likeness (QED) is 0.918. The first-order chi connectivity index (χ1) is 9.86. The van der Waals surface area contributed by atoms with Gasteiger partial charge in [0, 0.05) is 29.2 Å². The van der Waals surface area contributed by atoms with E-state index in [1.807, 2.05) is 19.0 Å². The van der Waals surface area contributed by atoms with Crippen molar-refractivity contribution in [1.82, 2.24) is 9.80 Å². The number of likely N-dealkylation sites (tertiary alicyclic amines) is 1. The Morgan fingerprint density at radius 3 is 2.76 bits per heavy atom. The summed E-state index contributed by atoms with van der Waals surface area (Å²) < 4.78 is 0. The minimum Gasteiger partial charge on any atom is -0.391 e. The van der Waals surface area contributed by atoms with Crippen LogP contribution in [0.2, 0.25) is 10.0 Å². The maximum Gasteiger partial charge on any atom is 0.227 e. The Hall–Kier alpha value is -0.810. The van der Waals surface area contributed by atoms with E-state index >= 15 is 0 Å². The number of rotatable bonds is 4. The number of amides is 1. The first-order valence-electron chi connectivity index (χ1n) is 6.93. The zero-order chi connectivity index (χ0) is 15.6. The highest BCUT2D eigenvalue weighted by Crippen LogP contribution is 2.24. The fourth-order valence-electron chi connectivity index (χ4n) is 2.72. The summed E-state index contributed by atoms with van der Waals surface area (Å²) in [6.07, 6.45) is 0.407. The van der Waals surface area contributed by atoms with Crippen LogP contribution in [-0.4, -0.2) is 60.1 Å². The van der Waals surface area contributed by atoms with Gasteiger partial charge in [-0.1, -0.05) is 29.3 Å². The molecular formula is C15H20Cl2N2O2. The summed E-state index contributed by atoms with van der Waals surface area (Å²) in [5.41, 5.74) is 0.760. The van der Waals surface area contributed by atoms with Crippen molar-refractivity contribution in [2.24, 2.45) is 0 Å². The molecule has 2 rings (SSSR count). The second kappa shape index (κ2) is 6.97. The van der Waals surface area contributed by atoms with Gasteiger partial charge in [0.15, 0.2) is 0 Å². The standard InChI is InChI=1S/C15H20Cl2N2O2/c1-18(2)8-12-7-13(20)9-19(12)15(21)5-10-3-4-11(16)6-14(10)17/h3-4,6,12-13,20H,5,7-9H2,1-2H3. The van der Waals surface area contributed by atoms with Gasteiger partial charge >= 0.3 is 0 Å². The van der Waals surface area contributed by atoms with Crippen molar-refractivity contribution < 1.29 is 9.90 Å². The number of halogens is 2. The molecule has 0 radical (unpaired) electrons. The molecule has 1 heterocycles. The number of aliphatic hydroxyl groups is 1. The molecule has 1 fully saturated rings. The Bertz CT molecular complexity index is 522. The van der Waals surface area contributed by atoms with Crippen molar-refractivity contribution in [3.8, 4) is 0 Å². The summed E-state index contributed by atoms with van der Waals surface area (Å²) in [6.45, 7) is 1.14. The van der Waals surface area contributed by atoms with E-state index in [0.29, 0.717) is 23.0 Å². The molecule has 2 atom stereocenters. The van der Waals surface area contributed by atoms with Crippen LogP contribution >= 0.6 is 23.2 Å². The number of carbonyl (C=O) groups is 1. The number of hydrogen-bond acceptors (Lipinski definition) is 3. The number of carbonyl (C=O) groups excluding carboxylic acids is 1. The zero-order valence-corrected chi connectivity index (χ0v) is 13.7. The largest absolute Gasteiger partial charge is 0.391 e. The summed E-state index contributed by atoms with van der Waals surface area (Å²) >= 11 is 12.0. The van der Waals surface area contributed by atoms with Gasteiger partial charge in [-0.2, -0.15) is 0 Å². The third-order valence-electron chi connectivity index (χ3n) is 3.65. The fraction of sp³-hybridized carbons (Fsp3) is 0.533. The lowest BCUT2D eigenvalue weighted by molar-refractivity contribution is -0.131. The molecule has 1 aromatic carbocycles. The minimum atomic E-state index is -0.445. The van der Waals surface area contributed by atoms with E-state index in [1.165, 1.54) is 0 Å². The Labute approximate surface area is 135 Å². The van der Waals surface area contributed by atoms with E-state index in [-0.39, 0.29) is 18.4 Å². The van der Waals surface area contributed by atoms with Crippen LogP contribution < -0.4 is 0 Å². The summed E-state index contributed by atoms with van der Waals surface area (Å²) in [5.74, 6) is -0.0115. The number of hydrogen-bond donors (Lipinski definition) is 1. The van der Waals surface area contributed by atoms with Crippen LogP contribution in [0.5, 0.6) is 0 Å². The minimum absolute atomic E-state index is 0.0115. The molecule has 1 N–H and O–H groups in total. The number of nitrogens with zero attached hydrogens (tertiary/aromatic N) is 2. The smallest absolute Gasteiger partial charge is 0.227 e. The maximum absolute atomic E-state index is 12.5. The first-order valence-corrected chi connectivity index (χ1v) is 7.68. The molecule has 1 saturated heterocycles. The van der Waals surface area contributed by atoms with E-state index in [9.17, 15) is 9.90 Å². The molecule has 1 aromatic rings. The zero-order valence-electron chi connectivity index (χ0n) is 12.2. The number of benzene rings is 1. The molecule has 6 heteroatoms. The second-order valence-electron chi connectivity index (χ2n) is 5.76. The van der Waals surface area contributed by atoms with Crippen LogP contribution in [0.4, 0.5) is 0 Å². The van der Waals surface area contributed by atoms with Crippen LogP contribution in [0.3, 0.4) is 0 Å². The Kier molecular flexibility index (Phi) is 5.49. The normalized spacial score (nSPS) is 22.1. The van der Waals surface area contributed by atoms with E-state index in [2.05, 4.69) is 0 Å². The SMILES string of the molecule is CN(C)CC1CC(O)CN1C(=O)Cc1ccc(Cl)cc1Cl. The summed E-state index contributed by atoms with van der Waals surface area (Å²) in [5, 5.41) is 10.9. The van der Waals surface area contributed by atoms with Crippen molar-refractivity contribution in [2.75, 3.05) is 27.2 Å². The molecule has 2 unspecified atom stereocenters. The predicted molar refractivity (Wildman–Crippen MR) is 84.8 cm³/mol. The lowest BCUT2D eigenvalue weighted by Crippen LogP contribution is -2.42. The average molecular weight is 331 g/mol. The van der Waals surface area contributed by atoms with E-state index in [0.717, 1.165) is 12.1 Å². The summed E-state index contributed by atoms with van der Waals surface area (Å²) in [7, 11) is 3.92. The molecule has 21 heavy (non-hydrogen) atoms. The molecule has 0 aliphatic carbocycles. The Balaban J connectivity index is 2.07. The molecule has 4 nitrogen and oxygen atoms in total. The van der Waals surface area contributed by atoms with Gasteiger partial charge in [0.1, 0.15) is 0 Å². The van der Waals surface area contributed by atoms with Crippen LogP contribution in [0.1, 0.15) is 12.0 Å². The Morgan fingerprint density at radius 2 is 2.14 bits per heavy atom. The van der Waals surface area contributed by atoms with E-state index in [1.54, 1.807) is 23.1 Å². The third-order valence-corrected chi connectivity index (χ3v) is 4.23. The highest BCUT2D eigenvalue weighted by molar-refractivity contribution is 6.35. The molecule has 1 amide bonds. The molecule has 1 aliphatic heterocycles. The van der Waals surface area contributed by atoms with Crippen molar-refractivity contribution in [1.29, 1.82) is 0 Å². The molecular weight excluding hydrogens is 311 g/mol. The molecule has 0 aromatic heterocycles. The van der Waals surface area contributed by atoms with Gasteiger partial charge in [-0.05, 0) is 38.2 Å². The maximum atomic E-state index is 12.5. The lowest BCUT2D eigenvalue weighted by Gasteiger charge is -2.27. The third kappa shape index (κ3) is 4.33. The van der Waals surface area contributed by atoms with Gasteiger partial charge in [0.25, 0.3) is 0 Å². The molecule has 1 aliphatic rings. The van der Waals surface area contributed by atoms with E-state index in [4.69, 9.17) is 23.2 Å². The van der Waals surface area contributed by atoms with Gasteiger partial charge in [0.05, 0.1) is 12.5 Å². The van der Waals surface area contributed by atoms with Crippen LogP contribution in [0.15, 0.2) is 18.2 Å². The average Bonchev–Trinajstić information content (AvgIpc) is 2.73. The predicted octanol–water partition coefficient (Wildman–Crippen LogP) is 2.06. The first kappa shape index (κ1) is 16.6. The van der Waals surface area contributed by atoms with Crippen molar-refractivity contribution in [2.45, 2.75) is 25.0 Å². The summed E-state index contributed by atoms with van der Waals surface area (Å²) in [4.78, 5) is 16.3. The van der Waals surface area contributed by atoms with Crippen molar-refractivity contribution in [3.63, 3.8) is 0 Å². The number of aliphatic hydroxyl groups excluding tert-OH is 1.